The Kier molecular flexibility index (Phi) is 4.65. The summed E-state index contributed by atoms with van der Waals surface area (Å²) < 4.78 is 5.22. The fourth-order valence-corrected chi connectivity index (χ4v) is 2.27. The summed E-state index contributed by atoms with van der Waals surface area (Å²) in [6, 6.07) is 3.71. The van der Waals surface area contributed by atoms with Crippen LogP contribution in [0.15, 0.2) is 22.8 Å². The van der Waals surface area contributed by atoms with Gasteiger partial charge in [-0.1, -0.05) is 0 Å². The smallest absolute Gasteiger partial charge is 0.319 e. The second-order valence-electron chi connectivity index (χ2n) is 5.12. The number of furan rings is 1. The van der Waals surface area contributed by atoms with Gasteiger partial charge in [0.05, 0.1) is 6.26 Å². The summed E-state index contributed by atoms with van der Waals surface area (Å²) in [7, 11) is 3.48. The topological polar surface area (TPSA) is 57.0 Å². The van der Waals surface area contributed by atoms with Gasteiger partial charge in [0.1, 0.15) is 5.76 Å². The second-order valence-corrected chi connectivity index (χ2v) is 5.12. The molecule has 20 heavy (non-hydrogen) atoms. The predicted octanol–water partition coefficient (Wildman–Crippen LogP) is 1.04. The van der Waals surface area contributed by atoms with E-state index in [0.29, 0.717) is 39.0 Å². The van der Waals surface area contributed by atoms with E-state index in [0.717, 1.165) is 5.76 Å². The van der Waals surface area contributed by atoms with E-state index in [1.807, 2.05) is 17.0 Å². The lowest BCUT2D eigenvalue weighted by Gasteiger charge is -2.36. The Hall–Kier alpha value is -1.98. The summed E-state index contributed by atoms with van der Waals surface area (Å²) in [6.07, 6.45) is 2.70. The van der Waals surface area contributed by atoms with E-state index in [1.165, 1.54) is 0 Å². The van der Waals surface area contributed by atoms with Crippen molar-refractivity contribution in [3.05, 3.63) is 24.2 Å². The van der Waals surface area contributed by atoms with Gasteiger partial charge in [-0.15, -0.1) is 0 Å². The minimum atomic E-state index is 0.00712. The van der Waals surface area contributed by atoms with E-state index >= 15 is 0 Å². The number of carbonyl (C=O) groups excluding carboxylic acids is 2. The van der Waals surface area contributed by atoms with Gasteiger partial charge in [-0.2, -0.15) is 0 Å². The molecule has 0 aromatic carbocycles. The number of hydrogen-bond donors (Lipinski definition) is 0. The van der Waals surface area contributed by atoms with Crippen LogP contribution in [0.1, 0.15) is 12.2 Å². The number of aryl methyl sites for hydroxylation is 1. The highest BCUT2D eigenvalue weighted by Crippen LogP contribution is 2.09. The molecule has 1 aromatic rings. The number of piperazine rings is 1. The van der Waals surface area contributed by atoms with Gasteiger partial charge in [-0.05, 0) is 12.1 Å². The molecule has 1 saturated heterocycles. The fourth-order valence-electron chi connectivity index (χ4n) is 2.27. The summed E-state index contributed by atoms with van der Waals surface area (Å²) in [5.41, 5.74) is 0. The molecule has 110 valence electrons. The monoisotopic (exact) mass is 279 g/mol. The maximum atomic E-state index is 12.1. The zero-order valence-corrected chi connectivity index (χ0v) is 12.0. The molecular formula is C14H21N3O3. The van der Waals surface area contributed by atoms with Crippen LogP contribution in [0.25, 0.3) is 0 Å². The molecule has 0 bridgehead atoms. The Balaban J connectivity index is 1.75. The van der Waals surface area contributed by atoms with Crippen LogP contribution in [0, 0.1) is 0 Å². The SMILES string of the molecule is CN(C)C(=O)N1CCN(C(=O)CCc2ccco2)CC1. The minimum Gasteiger partial charge on any atom is -0.469 e. The van der Waals surface area contributed by atoms with Crippen molar-refractivity contribution in [3.8, 4) is 0 Å². The molecule has 0 radical (unpaired) electrons. The van der Waals surface area contributed by atoms with E-state index in [9.17, 15) is 9.59 Å². The zero-order chi connectivity index (χ0) is 14.5. The summed E-state index contributed by atoms with van der Waals surface area (Å²) in [5.74, 6) is 0.957. The first kappa shape index (κ1) is 14.4. The van der Waals surface area contributed by atoms with Crippen LogP contribution < -0.4 is 0 Å². The number of carbonyl (C=O) groups is 2. The van der Waals surface area contributed by atoms with E-state index in [1.54, 1.807) is 30.2 Å². The van der Waals surface area contributed by atoms with Gasteiger partial charge in [0.15, 0.2) is 0 Å². The van der Waals surface area contributed by atoms with Crippen molar-refractivity contribution >= 4 is 11.9 Å². The highest BCUT2D eigenvalue weighted by Gasteiger charge is 2.24. The quantitative estimate of drug-likeness (QED) is 0.830. The number of urea groups is 1. The molecule has 6 heteroatoms. The number of rotatable bonds is 3. The summed E-state index contributed by atoms with van der Waals surface area (Å²) in [5, 5.41) is 0. The normalized spacial score (nSPS) is 15.3. The van der Waals surface area contributed by atoms with Crippen molar-refractivity contribution in [3.63, 3.8) is 0 Å². The Morgan fingerprint density at radius 3 is 2.40 bits per heavy atom. The minimum absolute atomic E-state index is 0.00712. The molecule has 0 spiro atoms. The van der Waals surface area contributed by atoms with Crippen LogP contribution in [0.4, 0.5) is 4.79 Å². The predicted molar refractivity (Wildman–Crippen MR) is 74.3 cm³/mol. The average Bonchev–Trinajstić information content (AvgIpc) is 2.97. The molecule has 0 atom stereocenters. The summed E-state index contributed by atoms with van der Waals surface area (Å²) in [4.78, 5) is 29.0. The highest BCUT2D eigenvalue weighted by atomic mass is 16.3. The molecule has 0 unspecified atom stereocenters. The number of hydrogen-bond acceptors (Lipinski definition) is 3. The molecular weight excluding hydrogens is 258 g/mol. The van der Waals surface area contributed by atoms with Gasteiger partial charge >= 0.3 is 6.03 Å². The van der Waals surface area contributed by atoms with E-state index in [-0.39, 0.29) is 11.9 Å². The Morgan fingerprint density at radius 1 is 1.20 bits per heavy atom. The Bertz CT molecular complexity index is 448. The lowest BCUT2D eigenvalue weighted by Crippen LogP contribution is -2.52. The van der Waals surface area contributed by atoms with Gasteiger partial charge in [0.2, 0.25) is 5.91 Å². The molecule has 0 saturated carbocycles. The molecule has 0 aliphatic carbocycles. The van der Waals surface area contributed by atoms with Gasteiger partial charge in [0, 0.05) is 53.1 Å². The summed E-state index contributed by atoms with van der Waals surface area (Å²) in [6.45, 7) is 2.42. The molecule has 6 nitrogen and oxygen atoms in total. The van der Waals surface area contributed by atoms with Gasteiger partial charge in [-0.3, -0.25) is 4.79 Å². The third-order valence-electron chi connectivity index (χ3n) is 3.45. The second kappa shape index (κ2) is 6.45. The van der Waals surface area contributed by atoms with Crippen LogP contribution in [0.5, 0.6) is 0 Å². The number of amides is 3. The molecule has 1 aromatic heterocycles. The van der Waals surface area contributed by atoms with Crippen molar-refractivity contribution in [2.24, 2.45) is 0 Å². The Labute approximate surface area is 118 Å². The maximum Gasteiger partial charge on any atom is 0.319 e. The molecule has 1 fully saturated rings. The molecule has 2 heterocycles. The van der Waals surface area contributed by atoms with E-state index in [2.05, 4.69) is 0 Å². The van der Waals surface area contributed by atoms with Gasteiger partial charge < -0.3 is 19.1 Å². The maximum absolute atomic E-state index is 12.1. The number of nitrogens with zero attached hydrogens (tertiary/aromatic N) is 3. The van der Waals surface area contributed by atoms with Crippen molar-refractivity contribution in [1.82, 2.24) is 14.7 Å². The lowest BCUT2D eigenvalue weighted by atomic mass is 10.2. The summed E-state index contributed by atoms with van der Waals surface area (Å²) >= 11 is 0. The van der Waals surface area contributed by atoms with E-state index in [4.69, 9.17) is 4.42 Å². The van der Waals surface area contributed by atoms with Crippen LogP contribution in [0.2, 0.25) is 0 Å². The van der Waals surface area contributed by atoms with Crippen LogP contribution in [-0.2, 0) is 11.2 Å². The van der Waals surface area contributed by atoms with E-state index < -0.39 is 0 Å². The zero-order valence-electron chi connectivity index (χ0n) is 12.0. The standard InChI is InChI=1S/C14H21N3O3/c1-15(2)14(19)17-9-7-16(8-10-17)13(18)6-5-12-4-3-11-20-12/h3-4,11H,5-10H2,1-2H3. The lowest BCUT2D eigenvalue weighted by molar-refractivity contribution is -0.132. The van der Waals surface area contributed by atoms with Crippen molar-refractivity contribution < 1.29 is 14.0 Å². The molecule has 1 aliphatic rings. The van der Waals surface area contributed by atoms with Crippen LogP contribution in [0.3, 0.4) is 0 Å². The molecule has 2 rings (SSSR count). The third kappa shape index (κ3) is 3.53. The first-order chi connectivity index (χ1) is 9.58. The van der Waals surface area contributed by atoms with Crippen LogP contribution in [-0.4, -0.2) is 66.9 Å². The first-order valence-electron chi connectivity index (χ1n) is 6.84. The van der Waals surface area contributed by atoms with Crippen molar-refractivity contribution in [2.45, 2.75) is 12.8 Å². The highest BCUT2D eigenvalue weighted by molar-refractivity contribution is 5.77. The molecule has 0 N–H and O–H groups in total. The van der Waals surface area contributed by atoms with Gasteiger partial charge in [0.25, 0.3) is 0 Å². The molecule has 1 aliphatic heterocycles. The van der Waals surface area contributed by atoms with Crippen LogP contribution >= 0.6 is 0 Å². The largest absolute Gasteiger partial charge is 0.469 e. The van der Waals surface area contributed by atoms with Gasteiger partial charge in [-0.25, -0.2) is 4.79 Å². The van der Waals surface area contributed by atoms with Crippen molar-refractivity contribution in [2.75, 3.05) is 40.3 Å². The first-order valence-corrected chi connectivity index (χ1v) is 6.84. The Morgan fingerprint density at radius 2 is 1.85 bits per heavy atom. The van der Waals surface area contributed by atoms with Crippen molar-refractivity contribution in [1.29, 1.82) is 0 Å². The fraction of sp³-hybridized carbons (Fsp3) is 0.571. The average molecular weight is 279 g/mol. The molecule has 3 amide bonds. The third-order valence-corrected chi connectivity index (χ3v) is 3.45.